The molecule has 2 aromatic carbocycles. The van der Waals surface area contributed by atoms with Gasteiger partial charge in [0.15, 0.2) is 5.78 Å². The lowest BCUT2D eigenvalue weighted by molar-refractivity contribution is -0.118. The molecule has 0 saturated carbocycles. The number of carbonyl (C=O) groups is 2. The first-order chi connectivity index (χ1) is 12.0. The summed E-state index contributed by atoms with van der Waals surface area (Å²) in [5, 5.41) is 3.62. The van der Waals surface area contributed by atoms with Crippen LogP contribution >= 0.6 is 23.1 Å². The first-order valence-electron chi connectivity index (χ1n) is 7.57. The van der Waals surface area contributed by atoms with Gasteiger partial charge in [0, 0.05) is 10.5 Å². The number of nitrogens with one attached hydrogen (secondary N) is 1. The summed E-state index contributed by atoms with van der Waals surface area (Å²) in [5.41, 5.74) is 1.24. The summed E-state index contributed by atoms with van der Waals surface area (Å²) in [6.45, 7) is 1.74. The molecular formula is C18H15FN2O2S2. The highest BCUT2D eigenvalue weighted by Crippen LogP contribution is 2.23. The maximum absolute atomic E-state index is 13.9. The van der Waals surface area contributed by atoms with E-state index in [1.165, 1.54) is 30.4 Å². The van der Waals surface area contributed by atoms with Gasteiger partial charge in [-0.25, -0.2) is 9.37 Å². The molecule has 0 unspecified atom stereocenters. The number of benzene rings is 2. The summed E-state index contributed by atoms with van der Waals surface area (Å²) in [6, 6.07) is 12.1. The van der Waals surface area contributed by atoms with E-state index in [0.29, 0.717) is 17.0 Å². The number of fused-ring (bicyclic) bond motifs is 1. The zero-order valence-corrected chi connectivity index (χ0v) is 15.0. The molecule has 0 fully saturated rings. The van der Waals surface area contributed by atoms with E-state index in [1.54, 1.807) is 6.07 Å². The van der Waals surface area contributed by atoms with E-state index < -0.39 is 5.82 Å². The van der Waals surface area contributed by atoms with E-state index in [-0.39, 0.29) is 17.4 Å². The minimum atomic E-state index is -0.489. The number of Topliss-reactive ketones (excluding diaryl/α,β-unsaturated/α-hetero) is 1. The van der Waals surface area contributed by atoms with Crippen molar-refractivity contribution in [3.63, 3.8) is 0 Å². The summed E-state index contributed by atoms with van der Waals surface area (Å²) in [5.74, 6) is -0.777. The van der Waals surface area contributed by atoms with Crippen molar-refractivity contribution in [1.29, 1.82) is 0 Å². The predicted molar refractivity (Wildman–Crippen MR) is 98.6 cm³/mol. The fraction of sp³-hybridized carbons (Fsp3) is 0.167. The number of rotatable bonds is 6. The quantitative estimate of drug-likeness (QED) is 0.522. The number of amides is 1. The van der Waals surface area contributed by atoms with Crippen LogP contribution in [-0.4, -0.2) is 22.4 Å². The van der Waals surface area contributed by atoms with E-state index in [4.69, 9.17) is 0 Å². The van der Waals surface area contributed by atoms with E-state index in [9.17, 15) is 14.0 Å². The van der Waals surface area contributed by atoms with Crippen molar-refractivity contribution in [1.82, 2.24) is 10.3 Å². The molecule has 7 heteroatoms. The number of para-hydroxylation sites is 1. The highest BCUT2D eigenvalue weighted by atomic mass is 32.2. The Balaban J connectivity index is 1.53. The maximum Gasteiger partial charge on any atom is 0.230 e. The lowest BCUT2D eigenvalue weighted by atomic mass is 10.1. The molecule has 25 heavy (non-hydrogen) atoms. The molecule has 0 saturated heterocycles. The number of aromatic nitrogens is 1. The maximum atomic E-state index is 13.9. The van der Waals surface area contributed by atoms with Crippen molar-refractivity contribution in [2.75, 3.05) is 5.75 Å². The van der Waals surface area contributed by atoms with Gasteiger partial charge in [-0.3, -0.25) is 9.59 Å². The molecule has 0 bridgehead atoms. The van der Waals surface area contributed by atoms with Crippen molar-refractivity contribution in [3.8, 4) is 0 Å². The van der Waals surface area contributed by atoms with Crippen molar-refractivity contribution in [2.24, 2.45) is 0 Å². The van der Waals surface area contributed by atoms with Crippen LogP contribution in [0.15, 0.2) is 47.4 Å². The van der Waals surface area contributed by atoms with E-state index >= 15 is 0 Å². The Labute approximate surface area is 152 Å². The second kappa shape index (κ2) is 7.76. The molecular weight excluding hydrogens is 359 g/mol. The van der Waals surface area contributed by atoms with Gasteiger partial charge in [0.25, 0.3) is 0 Å². The first-order valence-corrected chi connectivity index (χ1v) is 9.37. The van der Waals surface area contributed by atoms with Gasteiger partial charge < -0.3 is 5.32 Å². The third-order valence-corrected chi connectivity index (χ3v) is 5.56. The zero-order valence-electron chi connectivity index (χ0n) is 13.4. The van der Waals surface area contributed by atoms with Gasteiger partial charge in [-0.1, -0.05) is 18.2 Å². The van der Waals surface area contributed by atoms with Crippen molar-refractivity contribution < 1.29 is 14.0 Å². The molecule has 3 rings (SSSR count). The molecule has 4 nitrogen and oxygen atoms in total. The largest absolute Gasteiger partial charge is 0.349 e. The van der Waals surface area contributed by atoms with Crippen molar-refractivity contribution in [3.05, 3.63) is 58.9 Å². The van der Waals surface area contributed by atoms with E-state index in [0.717, 1.165) is 27.0 Å². The Morgan fingerprint density at radius 3 is 2.76 bits per heavy atom. The van der Waals surface area contributed by atoms with Crippen molar-refractivity contribution in [2.45, 2.75) is 18.4 Å². The topological polar surface area (TPSA) is 59.1 Å². The molecule has 0 aliphatic carbocycles. The Morgan fingerprint density at radius 1 is 1.24 bits per heavy atom. The fourth-order valence-electron chi connectivity index (χ4n) is 2.20. The summed E-state index contributed by atoms with van der Waals surface area (Å²) < 4.78 is 15.0. The number of nitrogens with zero attached hydrogens (tertiary/aromatic N) is 1. The molecule has 1 aromatic heterocycles. The number of hydrogen-bond acceptors (Lipinski definition) is 5. The van der Waals surface area contributed by atoms with Crippen LogP contribution in [0.4, 0.5) is 4.39 Å². The molecule has 3 aromatic rings. The number of thiazole rings is 1. The van der Waals surface area contributed by atoms with Gasteiger partial charge in [-0.15, -0.1) is 23.1 Å². The van der Waals surface area contributed by atoms with Crippen LogP contribution in [-0.2, 0) is 11.3 Å². The van der Waals surface area contributed by atoms with E-state index in [1.807, 2.05) is 24.3 Å². The van der Waals surface area contributed by atoms with Crippen LogP contribution in [0.25, 0.3) is 10.2 Å². The molecule has 1 N–H and O–H groups in total. The molecule has 0 atom stereocenters. The second-order valence-corrected chi connectivity index (χ2v) is 7.47. The fourth-order valence-corrected chi connectivity index (χ4v) is 3.86. The Morgan fingerprint density at radius 2 is 2.04 bits per heavy atom. The molecule has 0 aliphatic heterocycles. The standard InChI is InChI=1S/C18H15FN2O2S2/c1-11(22)12-6-7-15(13(19)8-12)24-10-17(23)20-9-18-21-14-4-2-3-5-16(14)25-18/h2-8H,9-10H2,1H3,(H,20,23). The minimum absolute atomic E-state index is 0.0984. The Kier molecular flexibility index (Phi) is 5.45. The Hall–Kier alpha value is -2.25. The van der Waals surface area contributed by atoms with Gasteiger partial charge in [-0.05, 0) is 31.2 Å². The Bertz CT molecular complexity index is 907. The number of halogens is 1. The minimum Gasteiger partial charge on any atom is -0.349 e. The van der Waals surface area contributed by atoms with Crippen LogP contribution in [0.1, 0.15) is 22.3 Å². The summed E-state index contributed by atoms with van der Waals surface area (Å²) in [6.07, 6.45) is 0. The molecule has 0 spiro atoms. The normalized spacial score (nSPS) is 10.8. The van der Waals surface area contributed by atoms with Gasteiger partial charge in [0.1, 0.15) is 10.8 Å². The number of ketones is 1. The number of hydrogen-bond donors (Lipinski definition) is 1. The summed E-state index contributed by atoms with van der Waals surface area (Å²) >= 11 is 2.64. The highest BCUT2D eigenvalue weighted by Gasteiger charge is 2.10. The van der Waals surface area contributed by atoms with Crippen molar-refractivity contribution >= 4 is 45.0 Å². The molecule has 1 heterocycles. The molecule has 0 aliphatic rings. The van der Waals surface area contributed by atoms with Gasteiger partial charge in [0.2, 0.25) is 5.91 Å². The molecule has 128 valence electrons. The molecule has 0 radical (unpaired) electrons. The number of carbonyl (C=O) groups excluding carboxylic acids is 2. The zero-order chi connectivity index (χ0) is 17.8. The second-order valence-electron chi connectivity index (χ2n) is 5.34. The lowest BCUT2D eigenvalue weighted by Gasteiger charge is -2.05. The van der Waals surface area contributed by atoms with Gasteiger partial charge in [0.05, 0.1) is 22.5 Å². The summed E-state index contributed by atoms with van der Waals surface area (Å²) in [4.78, 5) is 28.0. The molecule has 1 amide bonds. The average Bonchev–Trinajstić information content (AvgIpc) is 3.01. The monoisotopic (exact) mass is 374 g/mol. The predicted octanol–water partition coefficient (Wildman–Crippen LogP) is 4.05. The van der Waals surface area contributed by atoms with Gasteiger partial charge >= 0.3 is 0 Å². The highest BCUT2D eigenvalue weighted by molar-refractivity contribution is 8.00. The third-order valence-electron chi connectivity index (χ3n) is 3.47. The van der Waals surface area contributed by atoms with Crippen LogP contribution < -0.4 is 5.32 Å². The third kappa shape index (κ3) is 4.43. The van der Waals surface area contributed by atoms with E-state index in [2.05, 4.69) is 10.3 Å². The van der Waals surface area contributed by atoms with Crippen LogP contribution in [0.3, 0.4) is 0 Å². The lowest BCUT2D eigenvalue weighted by Crippen LogP contribution is -2.24. The SMILES string of the molecule is CC(=O)c1ccc(SCC(=O)NCc2nc3ccccc3s2)c(F)c1. The van der Waals surface area contributed by atoms with Crippen LogP contribution in [0.5, 0.6) is 0 Å². The smallest absolute Gasteiger partial charge is 0.230 e. The summed E-state index contributed by atoms with van der Waals surface area (Å²) in [7, 11) is 0. The average molecular weight is 374 g/mol. The van der Waals surface area contributed by atoms with Crippen LogP contribution in [0, 0.1) is 5.82 Å². The number of thioether (sulfide) groups is 1. The van der Waals surface area contributed by atoms with Crippen LogP contribution in [0.2, 0.25) is 0 Å². The van der Waals surface area contributed by atoms with Gasteiger partial charge in [-0.2, -0.15) is 0 Å². The first kappa shape index (κ1) is 17.6.